The Kier molecular flexibility index (Phi) is 2.36. The molecular formula is C7H10N2O2. The summed E-state index contributed by atoms with van der Waals surface area (Å²) in [6, 6.07) is 0. The van der Waals surface area contributed by atoms with Gasteiger partial charge in [-0.05, 0) is 0 Å². The average Bonchev–Trinajstić information content (AvgIpc) is 2.05. The molecule has 0 amide bonds. The Bertz CT molecular complexity index is 210. The van der Waals surface area contributed by atoms with E-state index in [1.807, 2.05) is 0 Å². The zero-order chi connectivity index (χ0) is 8.27. The standard InChI is InChI=1S/C7H10N2O2/c1-5(11)7-8-2-6(4-10)3-9-7/h4,6H,2-3H2,1H3,(H,8,9). The quantitative estimate of drug-likeness (QED) is 0.540. The molecule has 4 nitrogen and oxygen atoms in total. The van der Waals surface area contributed by atoms with Crippen molar-refractivity contribution in [2.45, 2.75) is 6.92 Å². The van der Waals surface area contributed by atoms with Crippen LogP contribution in [0.1, 0.15) is 6.92 Å². The highest BCUT2D eigenvalue weighted by Gasteiger charge is 2.15. The maximum absolute atomic E-state index is 10.7. The van der Waals surface area contributed by atoms with Crippen molar-refractivity contribution in [1.29, 1.82) is 0 Å². The van der Waals surface area contributed by atoms with E-state index >= 15 is 0 Å². The van der Waals surface area contributed by atoms with E-state index in [4.69, 9.17) is 0 Å². The Labute approximate surface area is 64.7 Å². The second kappa shape index (κ2) is 3.27. The molecule has 0 saturated heterocycles. The minimum atomic E-state index is -0.0747. The first-order valence-electron chi connectivity index (χ1n) is 3.48. The molecule has 0 saturated carbocycles. The number of carbonyl (C=O) groups excluding carboxylic acids is 2. The SMILES string of the molecule is CC(=O)C1=NCC(C=O)CN1. The molecule has 0 aromatic carbocycles. The Morgan fingerprint density at radius 3 is 2.91 bits per heavy atom. The lowest BCUT2D eigenvalue weighted by molar-refractivity contribution is -0.112. The zero-order valence-corrected chi connectivity index (χ0v) is 6.33. The summed E-state index contributed by atoms with van der Waals surface area (Å²) in [6.45, 7) is 2.42. The van der Waals surface area contributed by atoms with Crippen molar-refractivity contribution in [3.05, 3.63) is 0 Å². The van der Waals surface area contributed by atoms with E-state index in [0.29, 0.717) is 18.9 Å². The number of carbonyl (C=O) groups is 2. The van der Waals surface area contributed by atoms with E-state index < -0.39 is 0 Å². The molecule has 0 spiro atoms. The Morgan fingerprint density at radius 2 is 2.55 bits per heavy atom. The van der Waals surface area contributed by atoms with Gasteiger partial charge in [0, 0.05) is 13.5 Å². The molecule has 4 heteroatoms. The molecule has 1 aliphatic rings. The van der Waals surface area contributed by atoms with Crippen LogP contribution in [0, 0.1) is 5.92 Å². The second-order valence-electron chi connectivity index (χ2n) is 2.52. The van der Waals surface area contributed by atoms with Crippen molar-refractivity contribution in [2.75, 3.05) is 13.1 Å². The van der Waals surface area contributed by atoms with Crippen molar-refractivity contribution in [3.63, 3.8) is 0 Å². The predicted octanol–water partition coefficient (Wildman–Crippen LogP) is -0.608. The molecule has 0 fully saturated rings. The molecule has 0 bridgehead atoms. The number of Topliss-reactive ketones (excluding diaryl/α,β-unsaturated/α-hetero) is 1. The van der Waals surface area contributed by atoms with E-state index in [9.17, 15) is 9.59 Å². The van der Waals surface area contributed by atoms with Crippen LogP contribution in [0.2, 0.25) is 0 Å². The molecule has 1 atom stereocenters. The summed E-state index contributed by atoms with van der Waals surface area (Å²) in [6.07, 6.45) is 0.855. The van der Waals surface area contributed by atoms with E-state index in [1.54, 1.807) is 0 Å². The van der Waals surface area contributed by atoms with Crippen LogP contribution in [0.25, 0.3) is 0 Å². The first kappa shape index (κ1) is 7.91. The number of hydrogen-bond donors (Lipinski definition) is 1. The summed E-state index contributed by atoms with van der Waals surface area (Å²) in [5.41, 5.74) is 0. The Morgan fingerprint density at radius 1 is 1.82 bits per heavy atom. The van der Waals surface area contributed by atoms with Crippen molar-refractivity contribution in [3.8, 4) is 0 Å². The van der Waals surface area contributed by atoms with E-state index in [1.165, 1.54) is 6.92 Å². The maximum Gasteiger partial charge on any atom is 0.194 e. The van der Waals surface area contributed by atoms with E-state index in [2.05, 4.69) is 10.3 Å². The Hall–Kier alpha value is -1.19. The van der Waals surface area contributed by atoms with Gasteiger partial charge >= 0.3 is 0 Å². The molecule has 0 aromatic rings. The highest BCUT2D eigenvalue weighted by molar-refractivity contribution is 6.38. The number of nitrogens with one attached hydrogen (secondary N) is 1. The van der Waals surface area contributed by atoms with Crippen molar-refractivity contribution in [1.82, 2.24) is 5.32 Å². The normalized spacial score (nSPS) is 23.4. The minimum absolute atomic E-state index is 0.0712. The van der Waals surface area contributed by atoms with Gasteiger partial charge in [0.05, 0.1) is 12.5 Å². The van der Waals surface area contributed by atoms with Gasteiger partial charge in [0.1, 0.15) is 6.29 Å². The third-order valence-corrected chi connectivity index (χ3v) is 1.54. The number of rotatable bonds is 2. The third-order valence-electron chi connectivity index (χ3n) is 1.54. The molecule has 1 rings (SSSR count). The molecule has 11 heavy (non-hydrogen) atoms. The van der Waals surface area contributed by atoms with Crippen molar-refractivity contribution >= 4 is 17.9 Å². The fraction of sp³-hybridized carbons (Fsp3) is 0.571. The summed E-state index contributed by atoms with van der Waals surface area (Å²) >= 11 is 0. The monoisotopic (exact) mass is 154 g/mol. The Balaban J connectivity index is 2.57. The first-order valence-corrected chi connectivity index (χ1v) is 3.48. The molecular weight excluding hydrogens is 144 g/mol. The van der Waals surface area contributed by atoms with Crippen LogP contribution >= 0.6 is 0 Å². The molecule has 1 N–H and O–H groups in total. The first-order chi connectivity index (χ1) is 5.24. The molecule has 0 aliphatic carbocycles. The number of aliphatic imine (C=N–C) groups is 1. The average molecular weight is 154 g/mol. The van der Waals surface area contributed by atoms with Gasteiger partial charge in [0.15, 0.2) is 11.6 Å². The number of ketones is 1. The van der Waals surface area contributed by atoms with Gasteiger partial charge in [-0.1, -0.05) is 0 Å². The van der Waals surface area contributed by atoms with Crippen LogP contribution in [0.3, 0.4) is 0 Å². The van der Waals surface area contributed by atoms with Gasteiger partial charge in [0.2, 0.25) is 0 Å². The predicted molar refractivity (Wildman–Crippen MR) is 40.5 cm³/mol. The van der Waals surface area contributed by atoms with E-state index in [0.717, 1.165) is 6.29 Å². The number of amidine groups is 1. The van der Waals surface area contributed by atoms with Crippen LogP contribution < -0.4 is 5.32 Å². The topological polar surface area (TPSA) is 58.5 Å². The van der Waals surface area contributed by atoms with Crippen LogP contribution in [0.15, 0.2) is 4.99 Å². The largest absolute Gasteiger partial charge is 0.367 e. The third kappa shape index (κ3) is 1.86. The van der Waals surface area contributed by atoms with Gasteiger partial charge in [-0.3, -0.25) is 9.79 Å². The van der Waals surface area contributed by atoms with Gasteiger partial charge in [0.25, 0.3) is 0 Å². The van der Waals surface area contributed by atoms with Crippen LogP contribution in [-0.2, 0) is 9.59 Å². The zero-order valence-electron chi connectivity index (χ0n) is 6.33. The molecule has 1 aliphatic heterocycles. The number of hydrogen-bond acceptors (Lipinski definition) is 4. The minimum Gasteiger partial charge on any atom is -0.367 e. The second-order valence-corrected chi connectivity index (χ2v) is 2.52. The van der Waals surface area contributed by atoms with Gasteiger partial charge in [-0.15, -0.1) is 0 Å². The molecule has 1 unspecified atom stereocenters. The van der Waals surface area contributed by atoms with Crippen molar-refractivity contribution in [2.24, 2.45) is 10.9 Å². The highest BCUT2D eigenvalue weighted by atomic mass is 16.1. The summed E-state index contributed by atoms with van der Waals surface area (Å²) in [5.74, 6) is 0.246. The molecule has 0 radical (unpaired) electrons. The summed E-state index contributed by atoms with van der Waals surface area (Å²) < 4.78 is 0. The smallest absolute Gasteiger partial charge is 0.194 e. The van der Waals surface area contributed by atoms with E-state index in [-0.39, 0.29) is 11.7 Å². The molecule has 60 valence electrons. The fourth-order valence-electron chi connectivity index (χ4n) is 0.884. The lowest BCUT2D eigenvalue weighted by Gasteiger charge is -2.16. The fourth-order valence-corrected chi connectivity index (χ4v) is 0.884. The van der Waals surface area contributed by atoms with Crippen LogP contribution in [0.4, 0.5) is 0 Å². The lowest BCUT2D eigenvalue weighted by Crippen LogP contribution is -2.39. The van der Waals surface area contributed by atoms with Crippen LogP contribution in [0.5, 0.6) is 0 Å². The summed E-state index contributed by atoms with van der Waals surface area (Å²) in [7, 11) is 0. The number of nitrogens with zero attached hydrogens (tertiary/aromatic N) is 1. The highest BCUT2D eigenvalue weighted by Crippen LogP contribution is 1.97. The summed E-state index contributed by atoms with van der Waals surface area (Å²) in [4.78, 5) is 24.9. The van der Waals surface area contributed by atoms with Crippen molar-refractivity contribution < 1.29 is 9.59 Å². The van der Waals surface area contributed by atoms with Gasteiger partial charge in [-0.2, -0.15) is 0 Å². The maximum atomic E-state index is 10.7. The number of aldehydes is 1. The van der Waals surface area contributed by atoms with Gasteiger partial charge < -0.3 is 10.1 Å². The summed E-state index contributed by atoms with van der Waals surface area (Å²) in [5, 5.41) is 2.79. The molecule has 1 heterocycles. The molecule has 0 aromatic heterocycles. The van der Waals surface area contributed by atoms with Gasteiger partial charge in [-0.25, -0.2) is 0 Å². The lowest BCUT2D eigenvalue weighted by atomic mass is 10.1. The van der Waals surface area contributed by atoms with Crippen LogP contribution in [-0.4, -0.2) is 31.0 Å².